The Labute approximate surface area is 177 Å². The Balaban J connectivity index is 1.48. The van der Waals surface area contributed by atoms with Gasteiger partial charge in [0.05, 0.1) is 5.69 Å². The second-order valence-electron chi connectivity index (χ2n) is 6.64. The number of hydrogen-bond donors (Lipinski definition) is 2. The van der Waals surface area contributed by atoms with E-state index in [1.165, 1.54) is 18.2 Å². The van der Waals surface area contributed by atoms with Crippen LogP contribution in [0.2, 0.25) is 5.02 Å². The first-order chi connectivity index (χ1) is 14.5. The average Bonchev–Trinajstić information content (AvgIpc) is 2.72. The molecule has 0 saturated carbocycles. The number of rotatable bonds is 4. The van der Waals surface area contributed by atoms with Crippen LogP contribution in [-0.2, 0) is 11.3 Å². The second-order valence-corrected chi connectivity index (χ2v) is 7.08. The van der Waals surface area contributed by atoms with Crippen LogP contribution in [0.3, 0.4) is 0 Å². The third kappa shape index (κ3) is 4.50. The zero-order valence-corrected chi connectivity index (χ0v) is 16.4. The molecule has 3 aromatic carbocycles. The highest BCUT2D eigenvalue weighted by molar-refractivity contribution is 6.30. The van der Waals surface area contributed by atoms with Crippen molar-refractivity contribution in [2.24, 2.45) is 0 Å². The lowest BCUT2D eigenvalue weighted by Crippen LogP contribution is -2.25. The maximum Gasteiger partial charge on any atom is 0.291 e. The number of halogens is 2. The van der Waals surface area contributed by atoms with E-state index in [-0.39, 0.29) is 24.0 Å². The third-order valence-corrected chi connectivity index (χ3v) is 4.66. The molecule has 0 aromatic heterocycles. The minimum Gasteiger partial charge on any atom is -0.449 e. The van der Waals surface area contributed by atoms with Gasteiger partial charge in [0.15, 0.2) is 11.5 Å². The summed E-state index contributed by atoms with van der Waals surface area (Å²) in [6.07, 6.45) is 1.59. The first-order valence-electron chi connectivity index (χ1n) is 9.11. The van der Waals surface area contributed by atoms with Gasteiger partial charge in [-0.1, -0.05) is 35.9 Å². The van der Waals surface area contributed by atoms with Crippen molar-refractivity contribution in [2.75, 3.05) is 5.32 Å². The molecule has 2 N–H and O–H groups in total. The summed E-state index contributed by atoms with van der Waals surface area (Å²) >= 11 is 5.97. The summed E-state index contributed by atoms with van der Waals surface area (Å²) in [7, 11) is 0. The van der Waals surface area contributed by atoms with Crippen LogP contribution in [0.15, 0.2) is 72.5 Å². The molecule has 0 unspecified atom stereocenters. The molecule has 0 fully saturated rings. The number of amides is 2. The molecular weight excluding hydrogens is 407 g/mol. The van der Waals surface area contributed by atoms with Crippen molar-refractivity contribution in [3.05, 3.63) is 100 Å². The van der Waals surface area contributed by atoms with Crippen molar-refractivity contribution in [2.45, 2.75) is 6.54 Å². The summed E-state index contributed by atoms with van der Waals surface area (Å²) in [5, 5.41) is 6.00. The van der Waals surface area contributed by atoms with Crippen LogP contribution < -0.4 is 15.4 Å². The van der Waals surface area contributed by atoms with Gasteiger partial charge in [-0.3, -0.25) is 9.59 Å². The first-order valence-corrected chi connectivity index (χ1v) is 9.49. The molecule has 3 aromatic rings. The molecule has 1 aliphatic rings. The SMILES string of the molecule is O=C1Nc2cc(C(=O)NCc3cccc(F)c3)ccc2O/C1=C\c1cccc(Cl)c1. The summed E-state index contributed by atoms with van der Waals surface area (Å²) in [6, 6.07) is 17.8. The van der Waals surface area contributed by atoms with Crippen molar-refractivity contribution in [1.82, 2.24) is 5.32 Å². The average molecular weight is 423 g/mol. The van der Waals surface area contributed by atoms with Crippen LogP contribution in [-0.4, -0.2) is 11.8 Å². The Kier molecular flexibility index (Phi) is 5.50. The van der Waals surface area contributed by atoms with Crippen molar-refractivity contribution in [3.63, 3.8) is 0 Å². The highest BCUT2D eigenvalue weighted by atomic mass is 35.5. The minimum absolute atomic E-state index is 0.119. The maximum absolute atomic E-state index is 13.3. The van der Waals surface area contributed by atoms with E-state index in [4.69, 9.17) is 16.3 Å². The molecule has 0 atom stereocenters. The Morgan fingerprint density at radius 1 is 1.10 bits per heavy atom. The van der Waals surface area contributed by atoms with Gasteiger partial charge in [-0.15, -0.1) is 0 Å². The number of hydrogen-bond acceptors (Lipinski definition) is 3. The van der Waals surface area contributed by atoms with Crippen LogP contribution in [0.1, 0.15) is 21.5 Å². The second kappa shape index (κ2) is 8.39. The number of ether oxygens (including phenoxy) is 1. The fourth-order valence-electron chi connectivity index (χ4n) is 2.98. The predicted molar refractivity (Wildman–Crippen MR) is 113 cm³/mol. The van der Waals surface area contributed by atoms with Gasteiger partial charge >= 0.3 is 0 Å². The van der Waals surface area contributed by atoms with E-state index in [2.05, 4.69) is 10.6 Å². The largest absolute Gasteiger partial charge is 0.449 e. The van der Waals surface area contributed by atoms with Crippen LogP contribution in [0.4, 0.5) is 10.1 Å². The number of benzene rings is 3. The summed E-state index contributed by atoms with van der Waals surface area (Å²) < 4.78 is 18.9. The van der Waals surface area contributed by atoms with Gasteiger partial charge < -0.3 is 15.4 Å². The first kappa shape index (κ1) is 19.7. The molecule has 0 spiro atoms. The third-order valence-electron chi connectivity index (χ3n) is 4.42. The number of fused-ring (bicyclic) bond motifs is 1. The molecule has 2 amide bonds. The van der Waals surface area contributed by atoms with Gasteiger partial charge in [-0.05, 0) is 59.7 Å². The van der Waals surface area contributed by atoms with E-state index in [1.807, 2.05) is 0 Å². The van der Waals surface area contributed by atoms with Crippen molar-refractivity contribution >= 4 is 35.2 Å². The lowest BCUT2D eigenvalue weighted by atomic mass is 10.1. The highest BCUT2D eigenvalue weighted by Gasteiger charge is 2.23. The molecule has 0 aliphatic carbocycles. The summed E-state index contributed by atoms with van der Waals surface area (Å²) in [5.74, 6) is -0.606. The predicted octanol–water partition coefficient (Wildman–Crippen LogP) is 4.78. The molecule has 1 aliphatic heterocycles. The highest BCUT2D eigenvalue weighted by Crippen LogP contribution is 2.32. The van der Waals surface area contributed by atoms with Crippen molar-refractivity contribution in [3.8, 4) is 5.75 Å². The molecular formula is C23H16ClFN2O3. The Morgan fingerprint density at radius 3 is 2.73 bits per heavy atom. The van der Waals surface area contributed by atoms with Crippen LogP contribution in [0, 0.1) is 5.82 Å². The summed E-state index contributed by atoms with van der Waals surface area (Å²) in [5.41, 5.74) is 2.11. The molecule has 7 heteroatoms. The molecule has 0 radical (unpaired) electrons. The molecule has 0 bridgehead atoms. The molecule has 1 heterocycles. The van der Waals surface area contributed by atoms with E-state index < -0.39 is 5.91 Å². The Hall–Kier alpha value is -3.64. The molecule has 150 valence electrons. The number of nitrogens with one attached hydrogen (secondary N) is 2. The quantitative estimate of drug-likeness (QED) is 0.594. The fourth-order valence-corrected chi connectivity index (χ4v) is 3.18. The fraction of sp³-hybridized carbons (Fsp3) is 0.0435. The van der Waals surface area contributed by atoms with E-state index in [1.54, 1.807) is 54.6 Å². The van der Waals surface area contributed by atoms with Gasteiger partial charge in [0, 0.05) is 17.1 Å². The monoisotopic (exact) mass is 422 g/mol. The zero-order valence-electron chi connectivity index (χ0n) is 15.6. The van der Waals surface area contributed by atoms with E-state index >= 15 is 0 Å². The molecule has 5 nitrogen and oxygen atoms in total. The lowest BCUT2D eigenvalue weighted by Gasteiger charge is -2.20. The van der Waals surface area contributed by atoms with Crippen LogP contribution >= 0.6 is 11.6 Å². The normalized spacial score (nSPS) is 13.9. The number of anilines is 1. The summed E-state index contributed by atoms with van der Waals surface area (Å²) in [4.78, 5) is 24.8. The number of carbonyl (C=O) groups excluding carboxylic acids is 2. The molecule has 0 saturated heterocycles. The maximum atomic E-state index is 13.3. The van der Waals surface area contributed by atoms with E-state index in [0.717, 1.165) is 5.56 Å². The van der Waals surface area contributed by atoms with Gasteiger partial charge in [-0.2, -0.15) is 0 Å². The smallest absolute Gasteiger partial charge is 0.291 e. The topological polar surface area (TPSA) is 67.4 Å². The standard InChI is InChI=1S/C23H16ClFN2O3/c24-17-5-1-3-14(9-17)11-21-23(29)27-19-12-16(7-8-20(19)30-21)22(28)26-13-15-4-2-6-18(25)10-15/h1-12H,13H2,(H,26,28)(H,27,29)/b21-11-. The minimum atomic E-state index is -0.431. The molecule has 30 heavy (non-hydrogen) atoms. The number of carbonyl (C=O) groups is 2. The molecule has 4 rings (SSSR count). The van der Waals surface area contributed by atoms with Gasteiger partial charge in [0.1, 0.15) is 5.82 Å². The van der Waals surface area contributed by atoms with Crippen LogP contribution in [0.25, 0.3) is 6.08 Å². The Morgan fingerprint density at radius 2 is 1.93 bits per heavy atom. The van der Waals surface area contributed by atoms with Gasteiger partial charge in [-0.25, -0.2) is 4.39 Å². The van der Waals surface area contributed by atoms with Gasteiger partial charge in [0.25, 0.3) is 11.8 Å². The van der Waals surface area contributed by atoms with Crippen molar-refractivity contribution < 1.29 is 18.7 Å². The zero-order chi connectivity index (χ0) is 21.1. The van der Waals surface area contributed by atoms with E-state index in [0.29, 0.717) is 27.6 Å². The van der Waals surface area contributed by atoms with E-state index in [9.17, 15) is 14.0 Å². The van der Waals surface area contributed by atoms with Crippen molar-refractivity contribution in [1.29, 1.82) is 0 Å². The van der Waals surface area contributed by atoms with Crippen LogP contribution in [0.5, 0.6) is 5.75 Å². The lowest BCUT2D eigenvalue weighted by molar-refractivity contribution is -0.115. The van der Waals surface area contributed by atoms with Gasteiger partial charge in [0.2, 0.25) is 0 Å². The summed E-state index contributed by atoms with van der Waals surface area (Å²) in [6.45, 7) is 0.184. The Bertz CT molecular complexity index is 1180.